The quantitative estimate of drug-likeness (QED) is 0.598. The fourth-order valence-electron chi connectivity index (χ4n) is 3.55. The lowest BCUT2D eigenvalue weighted by Gasteiger charge is -2.40. The number of carbonyl (C=O) groups is 2. The van der Waals surface area contributed by atoms with Crippen molar-refractivity contribution in [3.05, 3.63) is 54.1 Å². The van der Waals surface area contributed by atoms with E-state index < -0.39 is 15.4 Å². The SMILES string of the molecule is CCNC(=O)C1(c2ccc(NS(=O)(=O)c3ccc(NC(=O)CC)cc3)cc2)CCC1. The highest BCUT2D eigenvalue weighted by molar-refractivity contribution is 7.92. The first-order valence-electron chi connectivity index (χ1n) is 10.1. The Morgan fingerprint density at radius 3 is 2.03 bits per heavy atom. The van der Waals surface area contributed by atoms with Crippen molar-refractivity contribution in [3.63, 3.8) is 0 Å². The summed E-state index contributed by atoms with van der Waals surface area (Å²) in [6.07, 6.45) is 2.94. The summed E-state index contributed by atoms with van der Waals surface area (Å²) in [5.41, 5.74) is 1.36. The van der Waals surface area contributed by atoms with Gasteiger partial charge in [0.15, 0.2) is 0 Å². The smallest absolute Gasteiger partial charge is 0.261 e. The van der Waals surface area contributed by atoms with Crippen LogP contribution in [-0.2, 0) is 25.0 Å². The second-order valence-corrected chi connectivity index (χ2v) is 9.09. The van der Waals surface area contributed by atoms with Crippen LogP contribution >= 0.6 is 0 Å². The van der Waals surface area contributed by atoms with Crippen molar-refractivity contribution < 1.29 is 18.0 Å². The summed E-state index contributed by atoms with van der Waals surface area (Å²) in [4.78, 5) is 24.0. The molecule has 0 heterocycles. The second-order valence-electron chi connectivity index (χ2n) is 7.40. The highest BCUT2D eigenvalue weighted by Gasteiger charge is 2.45. The molecule has 0 unspecified atom stereocenters. The van der Waals surface area contributed by atoms with Crippen molar-refractivity contribution in [1.82, 2.24) is 5.32 Å². The molecule has 0 aliphatic heterocycles. The van der Waals surface area contributed by atoms with E-state index in [4.69, 9.17) is 0 Å². The Labute approximate surface area is 177 Å². The van der Waals surface area contributed by atoms with Crippen LogP contribution in [0.15, 0.2) is 53.4 Å². The van der Waals surface area contributed by atoms with Crippen LogP contribution in [-0.4, -0.2) is 26.8 Å². The number of hydrogen-bond acceptors (Lipinski definition) is 4. The molecule has 0 aromatic heterocycles. The largest absolute Gasteiger partial charge is 0.356 e. The van der Waals surface area contributed by atoms with Crippen LogP contribution in [0.3, 0.4) is 0 Å². The zero-order valence-corrected chi connectivity index (χ0v) is 18.0. The molecular weight excluding hydrogens is 402 g/mol. The first-order valence-corrected chi connectivity index (χ1v) is 11.6. The van der Waals surface area contributed by atoms with Crippen LogP contribution in [0.5, 0.6) is 0 Å². The van der Waals surface area contributed by atoms with Gasteiger partial charge < -0.3 is 10.6 Å². The van der Waals surface area contributed by atoms with Gasteiger partial charge in [-0.25, -0.2) is 8.42 Å². The Hall–Kier alpha value is -2.87. The third-order valence-electron chi connectivity index (χ3n) is 5.44. The van der Waals surface area contributed by atoms with Gasteiger partial charge in [0.1, 0.15) is 0 Å². The predicted molar refractivity (Wildman–Crippen MR) is 117 cm³/mol. The van der Waals surface area contributed by atoms with Crippen LogP contribution in [0.2, 0.25) is 0 Å². The molecule has 160 valence electrons. The van der Waals surface area contributed by atoms with Gasteiger partial charge >= 0.3 is 0 Å². The lowest BCUT2D eigenvalue weighted by Crippen LogP contribution is -2.49. The summed E-state index contributed by atoms with van der Waals surface area (Å²) in [5.74, 6) is -0.111. The van der Waals surface area contributed by atoms with Crippen molar-refractivity contribution in [2.45, 2.75) is 49.8 Å². The molecule has 7 nitrogen and oxygen atoms in total. The highest BCUT2D eigenvalue weighted by atomic mass is 32.2. The molecule has 3 rings (SSSR count). The molecule has 2 aromatic carbocycles. The lowest BCUT2D eigenvalue weighted by molar-refractivity contribution is -0.129. The maximum atomic E-state index is 12.7. The number of nitrogens with one attached hydrogen (secondary N) is 3. The standard InChI is InChI=1S/C22H27N3O4S/c1-3-20(26)24-17-10-12-19(13-11-17)30(28,29)25-18-8-6-16(7-9-18)22(14-5-15-22)21(27)23-4-2/h6-13,25H,3-5,14-15H2,1-2H3,(H,23,27)(H,24,26). The van der Waals surface area contributed by atoms with E-state index in [0.717, 1.165) is 24.8 Å². The van der Waals surface area contributed by atoms with Crippen LogP contribution in [0, 0.1) is 0 Å². The molecule has 2 aromatic rings. The number of anilines is 2. The zero-order valence-electron chi connectivity index (χ0n) is 17.2. The molecule has 0 spiro atoms. The van der Waals surface area contributed by atoms with E-state index in [1.54, 1.807) is 31.2 Å². The summed E-state index contributed by atoms with van der Waals surface area (Å²) in [5, 5.41) is 5.59. The molecule has 3 N–H and O–H groups in total. The molecule has 0 atom stereocenters. The van der Waals surface area contributed by atoms with Gasteiger partial charge in [0.2, 0.25) is 11.8 Å². The van der Waals surface area contributed by atoms with Crippen LogP contribution < -0.4 is 15.4 Å². The van der Waals surface area contributed by atoms with Crippen LogP contribution in [0.25, 0.3) is 0 Å². The number of carbonyl (C=O) groups excluding carboxylic acids is 2. The monoisotopic (exact) mass is 429 g/mol. The molecule has 1 fully saturated rings. The molecular formula is C22H27N3O4S. The van der Waals surface area contributed by atoms with Crippen molar-refractivity contribution in [1.29, 1.82) is 0 Å². The molecule has 0 radical (unpaired) electrons. The maximum Gasteiger partial charge on any atom is 0.261 e. The Morgan fingerprint density at radius 2 is 1.53 bits per heavy atom. The highest BCUT2D eigenvalue weighted by Crippen LogP contribution is 2.44. The predicted octanol–water partition coefficient (Wildman–Crippen LogP) is 3.39. The molecule has 1 aliphatic carbocycles. The molecule has 1 aliphatic rings. The first kappa shape index (κ1) is 21.8. The van der Waals surface area contributed by atoms with Gasteiger partial charge in [0.25, 0.3) is 10.0 Å². The van der Waals surface area contributed by atoms with Gasteiger partial charge in [-0.3, -0.25) is 14.3 Å². The second kappa shape index (κ2) is 8.87. The van der Waals surface area contributed by atoms with Gasteiger partial charge in [-0.15, -0.1) is 0 Å². The Kier molecular flexibility index (Phi) is 6.45. The number of rotatable bonds is 8. The third kappa shape index (κ3) is 4.48. The summed E-state index contributed by atoms with van der Waals surface area (Å²) >= 11 is 0. The van der Waals surface area contributed by atoms with E-state index in [0.29, 0.717) is 24.3 Å². The summed E-state index contributed by atoms with van der Waals surface area (Å²) in [7, 11) is -3.77. The van der Waals surface area contributed by atoms with Crippen molar-refractivity contribution in [2.24, 2.45) is 0 Å². The number of sulfonamides is 1. The average Bonchev–Trinajstić information content (AvgIpc) is 2.69. The molecule has 1 saturated carbocycles. The van der Waals surface area contributed by atoms with Gasteiger partial charge in [-0.1, -0.05) is 25.5 Å². The van der Waals surface area contributed by atoms with E-state index in [1.807, 2.05) is 19.1 Å². The van der Waals surface area contributed by atoms with E-state index >= 15 is 0 Å². The summed E-state index contributed by atoms with van der Waals surface area (Å²) in [6.45, 7) is 4.22. The number of amides is 2. The minimum atomic E-state index is -3.77. The Morgan fingerprint density at radius 1 is 0.933 bits per heavy atom. The van der Waals surface area contributed by atoms with E-state index in [2.05, 4.69) is 15.4 Å². The minimum Gasteiger partial charge on any atom is -0.356 e. The Bertz CT molecular complexity index is 1010. The molecule has 30 heavy (non-hydrogen) atoms. The normalized spacial score (nSPS) is 15.0. The maximum absolute atomic E-state index is 12.7. The number of hydrogen-bond donors (Lipinski definition) is 3. The lowest BCUT2D eigenvalue weighted by atomic mass is 9.64. The van der Waals surface area contributed by atoms with Gasteiger partial charge in [0, 0.05) is 24.3 Å². The molecule has 0 saturated heterocycles. The van der Waals surface area contributed by atoms with E-state index in [9.17, 15) is 18.0 Å². The number of likely N-dealkylation sites (N-methyl/N-ethyl adjacent to an activating group) is 1. The minimum absolute atomic E-state index is 0.0276. The van der Waals surface area contributed by atoms with Crippen LogP contribution in [0.1, 0.15) is 45.1 Å². The first-order chi connectivity index (χ1) is 14.3. The van der Waals surface area contributed by atoms with E-state index in [-0.39, 0.29) is 16.7 Å². The fraction of sp³-hybridized carbons (Fsp3) is 0.364. The zero-order chi connectivity index (χ0) is 21.8. The average molecular weight is 430 g/mol. The van der Waals surface area contributed by atoms with Crippen molar-refractivity contribution >= 4 is 33.2 Å². The Balaban J connectivity index is 1.73. The van der Waals surface area contributed by atoms with Gasteiger partial charge in [0.05, 0.1) is 10.3 Å². The number of benzene rings is 2. The fourth-order valence-corrected chi connectivity index (χ4v) is 4.60. The molecule has 8 heteroatoms. The molecule has 0 bridgehead atoms. The molecule has 2 amide bonds. The van der Waals surface area contributed by atoms with E-state index in [1.165, 1.54) is 12.1 Å². The summed E-state index contributed by atoms with van der Waals surface area (Å²) < 4.78 is 27.9. The topological polar surface area (TPSA) is 104 Å². The van der Waals surface area contributed by atoms with Crippen LogP contribution in [0.4, 0.5) is 11.4 Å². The van der Waals surface area contributed by atoms with Crippen molar-refractivity contribution in [3.8, 4) is 0 Å². The van der Waals surface area contributed by atoms with Gasteiger partial charge in [-0.05, 0) is 61.7 Å². The van der Waals surface area contributed by atoms with Gasteiger partial charge in [-0.2, -0.15) is 0 Å². The van der Waals surface area contributed by atoms with Crippen molar-refractivity contribution in [2.75, 3.05) is 16.6 Å². The third-order valence-corrected chi connectivity index (χ3v) is 6.84. The summed E-state index contributed by atoms with van der Waals surface area (Å²) in [6, 6.07) is 13.0.